The van der Waals surface area contributed by atoms with Gasteiger partial charge in [0.05, 0.1) is 0 Å². The quantitative estimate of drug-likeness (QED) is 0.638. The molecule has 0 bridgehead atoms. The van der Waals surface area contributed by atoms with Crippen LogP contribution in [0.5, 0.6) is 0 Å². The van der Waals surface area contributed by atoms with Crippen LogP contribution in [0.15, 0.2) is 0 Å². The van der Waals surface area contributed by atoms with E-state index in [9.17, 15) is 0 Å². The molecule has 1 heterocycles. The van der Waals surface area contributed by atoms with E-state index in [0.717, 1.165) is 17.3 Å². The molecule has 1 aliphatic heterocycles. The molecule has 0 unspecified atom stereocenters. The largest absolute Gasteiger partial charge is 0.306 e. The van der Waals surface area contributed by atoms with E-state index in [1.807, 2.05) is 0 Å². The molecule has 0 N–H and O–H groups in total. The van der Waals surface area contributed by atoms with Gasteiger partial charge < -0.3 is 4.90 Å². The molecule has 0 aromatic rings. The molecular weight excluding hydrogens is 182 g/mol. The summed E-state index contributed by atoms with van der Waals surface area (Å²) in [6.07, 6.45) is 8.92. The molecule has 1 nitrogen and oxygen atoms in total. The Balaban J connectivity index is 1.90. The van der Waals surface area contributed by atoms with Gasteiger partial charge in [0.1, 0.15) is 0 Å². The Morgan fingerprint density at radius 1 is 1.13 bits per heavy atom. The van der Waals surface area contributed by atoms with Gasteiger partial charge in [-0.05, 0) is 69.4 Å². The normalized spacial score (nSPS) is 38.8. The van der Waals surface area contributed by atoms with Gasteiger partial charge in [-0.1, -0.05) is 13.8 Å². The van der Waals surface area contributed by atoms with Crippen molar-refractivity contribution in [1.29, 1.82) is 0 Å². The molecule has 1 aliphatic carbocycles. The van der Waals surface area contributed by atoms with Gasteiger partial charge in [0.15, 0.2) is 0 Å². The fourth-order valence-corrected chi connectivity index (χ4v) is 3.78. The second-order valence-corrected chi connectivity index (χ2v) is 6.42. The van der Waals surface area contributed by atoms with Gasteiger partial charge in [0.2, 0.25) is 0 Å². The summed E-state index contributed by atoms with van der Waals surface area (Å²) in [5, 5.41) is 0. The van der Waals surface area contributed by atoms with Crippen LogP contribution in [0.3, 0.4) is 0 Å². The average Bonchev–Trinajstić information content (AvgIpc) is 2.18. The average molecular weight is 209 g/mol. The van der Waals surface area contributed by atoms with E-state index >= 15 is 0 Å². The monoisotopic (exact) mass is 209 g/mol. The molecule has 0 aromatic carbocycles. The van der Waals surface area contributed by atoms with Crippen LogP contribution in [0, 0.1) is 17.3 Å². The zero-order chi connectivity index (χ0) is 10.9. The molecule has 0 atom stereocenters. The second kappa shape index (κ2) is 4.45. The van der Waals surface area contributed by atoms with Crippen LogP contribution in [-0.2, 0) is 0 Å². The maximum Gasteiger partial charge on any atom is 0.00349 e. The van der Waals surface area contributed by atoms with Crippen LogP contribution in [0.4, 0.5) is 0 Å². The second-order valence-electron chi connectivity index (χ2n) is 6.42. The highest BCUT2D eigenvalue weighted by molar-refractivity contribution is 4.90. The first-order chi connectivity index (χ1) is 7.11. The SMILES string of the molecule is CC(C)C1CCC2(CCCN(C)C2)CC1. The Morgan fingerprint density at radius 3 is 2.33 bits per heavy atom. The summed E-state index contributed by atoms with van der Waals surface area (Å²) < 4.78 is 0. The van der Waals surface area contributed by atoms with E-state index in [1.54, 1.807) is 0 Å². The molecule has 88 valence electrons. The van der Waals surface area contributed by atoms with Crippen molar-refractivity contribution in [2.45, 2.75) is 52.4 Å². The summed E-state index contributed by atoms with van der Waals surface area (Å²) >= 11 is 0. The van der Waals surface area contributed by atoms with Gasteiger partial charge in [-0.25, -0.2) is 0 Å². The maximum atomic E-state index is 2.55. The smallest absolute Gasteiger partial charge is 0.00349 e. The van der Waals surface area contributed by atoms with Gasteiger partial charge in [-0.3, -0.25) is 0 Å². The third-order valence-electron chi connectivity index (χ3n) is 4.89. The molecule has 1 heteroatoms. The molecule has 2 fully saturated rings. The Labute approximate surface area is 95.2 Å². The van der Waals surface area contributed by atoms with Crippen molar-refractivity contribution in [1.82, 2.24) is 4.90 Å². The lowest BCUT2D eigenvalue weighted by atomic mass is 9.65. The van der Waals surface area contributed by atoms with Crippen LogP contribution in [-0.4, -0.2) is 25.0 Å². The van der Waals surface area contributed by atoms with Crippen LogP contribution in [0.2, 0.25) is 0 Å². The summed E-state index contributed by atoms with van der Waals surface area (Å²) in [7, 11) is 2.30. The van der Waals surface area contributed by atoms with E-state index < -0.39 is 0 Å². The Hall–Kier alpha value is -0.0400. The predicted molar refractivity (Wildman–Crippen MR) is 66.0 cm³/mol. The zero-order valence-electron chi connectivity index (χ0n) is 10.8. The van der Waals surface area contributed by atoms with Gasteiger partial charge >= 0.3 is 0 Å². The first kappa shape index (κ1) is 11.4. The van der Waals surface area contributed by atoms with Crippen molar-refractivity contribution in [2.75, 3.05) is 20.1 Å². The fourth-order valence-electron chi connectivity index (χ4n) is 3.78. The summed E-state index contributed by atoms with van der Waals surface area (Å²) in [4.78, 5) is 2.55. The highest BCUT2D eigenvalue weighted by atomic mass is 15.1. The van der Waals surface area contributed by atoms with E-state index in [-0.39, 0.29) is 0 Å². The zero-order valence-corrected chi connectivity index (χ0v) is 10.8. The molecule has 0 aromatic heterocycles. The minimum atomic E-state index is 0.721. The van der Waals surface area contributed by atoms with Crippen LogP contribution < -0.4 is 0 Å². The van der Waals surface area contributed by atoms with Gasteiger partial charge in [0.25, 0.3) is 0 Å². The summed E-state index contributed by atoms with van der Waals surface area (Å²) in [5.74, 6) is 1.92. The highest BCUT2D eigenvalue weighted by Gasteiger charge is 2.38. The lowest BCUT2D eigenvalue weighted by Gasteiger charge is -2.46. The fraction of sp³-hybridized carbons (Fsp3) is 1.00. The van der Waals surface area contributed by atoms with Crippen molar-refractivity contribution in [2.24, 2.45) is 17.3 Å². The maximum absolute atomic E-state index is 2.55. The molecule has 1 saturated heterocycles. The lowest BCUT2D eigenvalue weighted by molar-refractivity contribution is 0.0437. The van der Waals surface area contributed by atoms with E-state index in [0.29, 0.717) is 0 Å². The van der Waals surface area contributed by atoms with E-state index in [4.69, 9.17) is 0 Å². The van der Waals surface area contributed by atoms with Crippen molar-refractivity contribution in [3.8, 4) is 0 Å². The molecule has 2 aliphatic rings. The lowest BCUT2D eigenvalue weighted by Crippen LogP contribution is -2.43. The van der Waals surface area contributed by atoms with Crippen molar-refractivity contribution in [3.05, 3.63) is 0 Å². The molecule has 0 radical (unpaired) electrons. The molecule has 2 rings (SSSR count). The molecular formula is C14H27N. The van der Waals surface area contributed by atoms with Crippen molar-refractivity contribution < 1.29 is 0 Å². The predicted octanol–water partition coefficient (Wildman–Crippen LogP) is 3.54. The Kier molecular flexibility index (Phi) is 3.39. The summed E-state index contributed by atoms with van der Waals surface area (Å²) in [6.45, 7) is 7.50. The van der Waals surface area contributed by atoms with Gasteiger partial charge in [0, 0.05) is 6.54 Å². The van der Waals surface area contributed by atoms with Crippen LogP contribution in [0.25, 0.3) is 0 Å². The molecule has 1 saturated carbocycles. The number of hydrogen-bond donors (Lipinski definition) is 0. The number of hydrogen-bond acceptors (Lipinski definition) is 1. The minimum Gasteiger partial charge on any atom is -0.306 e. The topological polar surface area (TPSA) is 3.24 Å². The molecule has 1 spiro atoms. The van der Waals surface area contributed by atoms with Gasteiger partial charge in [-0.15, -0.1) is 0 Å². The standard InChI is InChI=1S/C14H27N/c1-12(2)13-5-8-14(9-6-13)7-4-10-15(3)11-14/h12-13H,4-11H2,1-3H3. The molecule has 15 heavy (non-hydrogen) atoms. The Bertz CT molecular complexity index is 201. The first-order valence-corrected chi connectivity index (χ1v) is 6.80. The van der Waals surface area contributed by atoms with Crippen molar-refractivity contribution >= 4 is 0 Å². The van der Waals surface area contributed by atoms with E-state index in [1.165, 1.54) is 51.6 Å². The van der Waals surface area contributed by atoms with Gasteiger partial charge in [-0.2, -0.15) is 0 Å². The number of nitrogens with zero attached hydrogens (tertiary/aromatic N) is 1. The highest BCUT2D eigenvalue weighted by Crippen LogP contribution is 2.46. The summed E-state index contributed by atoms with van der Waals surface area (Å²) in [5.41, 5.74) is 0.721. The molecule has 0 amide bonds. The Morgan fingerprint density at radius 2 is 1.80 bits per heavy atom. The van der Waals surface area contributed by atoms with Crippen LogP contribution >= 0.6 is 0 Å². The number of likely N-dealkylation sites (tertiary alicyclic amines) is 1. The van der Waals surface area contributed by atoms with E-state index in [2.05, 4.69) is 25.8 Å². The third kappa shape index (κ3) is 2.55. The number of piperidine rings is 1. The minimum absolute atomic E-state index is 0.721. The first-order valence-electron chi connectivity index (χ1n) is 6.80. The number of rotatable bonds is 1. The van der Waals surface area contributed by atoms with Crippen LogP contribution in [0.1, 0.15) is 52.4 Å². The third-order valence-corrected chi connectivity index (χ3v) is 4.89. The summed E-state index contributed by atoms with van der Waals surface area (Å²) in [6, 6.07) is 0. The van der Waals surface area contributed by atoms with Crippen molar-refractivity contribution in [3.63, 3.8) is 0 Å².